The van der Waals surface area contributed by atoms with Gasteiger partial charge in [-0.25, -0.2) is 13.8 Å². The molecule has 15 heteroatoms. The number of hydrogen-bond acceptors (Lipinski definition) is 10. The Morgan fingerprint density at radius 2 is 1.92 bits per heavy atom. The zero-order valence-corrected chi connectivity index (χ0v) is 20.5. The van der Waals surface area contributed by atoms with Gasteiger partial charge in [-0.2, -0.15) is 5.09 Å². The number of ether oxygens (including phenoxy) is 2. The molecule has 2 heterocycles. The van der Waals surface area contributed by atoms with E-state index in [4.69, 9.17) is 18.5 Å². The molecule has 0 radical (unpaired) electrons. The number of para-hydroxylation sites is 1. The number of esters is 1. The Bertz CT molecular complexity index is 1220. The molecule has 1 aliphatic heterocycles. The molecule has 1 aromatic heterocycles. The van der Waals surface area contributed by atoms with E-state index in [-0.39, 0.29) is 5.75 Å². The molecule has 13 nitrogen and oxygen atoms in total. The Hall–Kier alpha value is -2.87. The molecule has 36 heavy (non-hydrogen) atoms. The summed E-state index contributed by atoms with van der Waals surface area (Å²) < 4.78 is 50.5. The molecule has 6 unspecified atom stereocenters. The lowest BCUT2D eigenvalue weighted by molar-refractivity contribution is -0.204. The third-order valence-electron chi connectivity index (χ3n) is 4.96. The lowest BCUT2D eigenvalue weighted by atomic mass is 10.1. The number of hydrogen-bond donors (Lipinski definition) is 4. The standard InChI is InChI=1S/C21H27FN3O10P/c1-12(2)33-19(29)13(3)24-36(31,35-14-7-5-4-6-8-14)32-11-21(22)17(28)16(27)18(34-21)25-10-9-15(26)23-20(25)30/h4-10,12-13,16-18,27-28H,11H2,1-3H3,(H,24,31)(H,23,26,30). The Labute approximate surface area is 204 Å². The summed E-state index contributed by atoms with van der Waals surface area (Å²) in [6.45, 7) is 3.30. The van der Waals surface area contributed by atoms with Gasteiger partial charge in [0.2, 0.25) is 0 Å². The van der Waals surface area contributed by atoms with Crippen molar-refractivity contribution in [2.75, 3.05) is 6.61 Å². The Morgan fingerprint density at radius 1 is 1.25 bits per heavy atom. The van der Waals surface area contributed by atoms with Crippen molar-refractivity contribution in [3.8, 4) is 5.75 Å². The Morgan fingerprint density at radius 3 is 2.53 bits per heavy atom. The van der Waals surface area contributed by atoms with Crippen molar-refractivity contribution in [2.45, 2.75) is 57.2 Å². The number of nitrogens with zero attached hydrogens (tertiary/aromatic N) is 1. The summed E-state index contributed by atoms with van der Waals surface area (Å²) in [5.74, 6) is -3.90. The molecule has 198 valence electrons. The number of nitrogens with one attached hydrogen (secondary N) is 2. The van der Waals surface area contributed by atoms with Gasteiger partial charge in [0.15, 0.2) is 6.23 Å². The number of rotatable bonds is 10. The summed E-state index contributed by atoms with van der Waals surface area (Å²) in [4.78, 5) is 37.4. The van der Waals surface area contributed by atoms with Crippen molar-refractivity contribution >= 4 is 13.7 Å². The third-order valence-corrected chi connectivity index (χ3v) is 6.58. The number of benzene rings is 1. The quantitative estimate of drug-likeness (QED) is 0.249. The fraction of sp³-hybridized carbons (Fsp3) is 0.476. The van der Waals surface area contributed by atoms with E-state index in [1.54, 1.807) is 32.0 Å². The second kappa shape index (κ2) is 11.0. The van der Waals surface area contributed by atoms with Crippen LogP contribution in [0.25, 0.3) is 0 Å². The fourth-order valence-electron chi connectivity index (χ4n) is 3.23. The number of alkyl halides is 1. The second-order valence-electron chi connectivity index (χ2n) is 8.26. The average Bonchev–Trinajstić information content (AvgIpc) is 3.02. The van der Waals surface area contributed by atoms with Crippen LogP contribution in [0.15, 0.2) is 52.2 Å². The fourth-order valence-corrected chi connectivity index (χ4v) is 4.73. The van der Waals surface area contributed by atoms with Gasteiger partial charge in [0, 0.05) is 12.3 Å². The van der Waals surface area contributed by atoms with Gasteiger partial charge in [0.1, 0.15) is 30.6 Å². The van der Waals surface area contributed by atoms with Gasteiger partial charge in [-0.3, -0.25) is 23.7 Å². The maximum Gasteiger partial charge on any atom is 0.459 e. The molecule has 0 spiro atoms. The number of aromatic nitrogens is 2. The number of halogens is 1. The summed E-state index contributed by atoms with van der Waals surface area (Å²) in [5.41, 5.74) is -1.77. The Kier molecular flexibility index (Phi) is 8.49. The van der Waals surface area contributed by atoms with Crippen LogP contribution in [0, 0.1) is 0 Å². The van der Waals surface area contributed by atoms with Gasteiger partial charge in [0.05, 0.1) is 6.10 Å². The maximum absolute atomic E-state index is 15.6. The van der Waals surface area contributed by atoms with Gasteiger partial charge >= 0.3 is 19.4 Å². The zero-order valence-electron chi connectivity index (χ0n) is 19.6. The zero-order chi connectivity index (χ0) is 26.7. The van der Waals surface area contributed by atoms with Crippen LogP contribution in [0.3, 0.4) is 0 Å². The summed E-state index contributed by atoms with van der Waals surface area (Å²) in [6.07, 6.45) is -5.50. The highest BCUT2D eigenvalue weighted by atomic mass is 31.2. The van der Waals surface area contributed by atoms with Gasteiger partial charge in [-0.15, -0.1) is 0 Å². The third kappa shape index (κ3) is 6.46. The molecule has 1 aromatic carbocycles. The minimum atomic E-state index is -4.52. The molecule has 1 saturated heterocycles. The van der Waals surface area contributed by atoms with E-state index < -0.39 is 68.0 Å². The van der Waals surface area contributed by atoms with Crippen LogP contribution in [0.2, 0.25) is 0 Å². The molecular weight excluding hydrogens is 504 g/mol. The van der Waals surface area contributed by atoms with E-state index >= 15 is 4.39 Å². The molecule has 6 atom stereocenters. The van der Waals surface area contributed by atoms with E-state index in [9.17, 15) is 29.2 Å². The summed E-state index contributed by atoms with van der Waals surface area (Å²) >= 11 is 0. The van der Waals surface area contributed by atoms with Crippen LogP contribution in [-0.2, 0) is 23.4 Å². The maximum atomic E-state index is 15.6. The first-order valence-corrected chi connectivity index (χ1v) is 12.4. The normalized spacial score (nSPS) is 26.4. The van der Waals surface area contributed by atoms with Gasteiger partial charge in [-0.05, 0) is 32.9 Å². The van der Waals surface area contributed by atoms with E-state index in [1.807, 2.05) is 4.98 Å². The van der Waals surface area contributed by atoms with Gasteiger partial charge < -0.3 is 24.2 Å². The molecular formula is C21H27FN3O10P. The van der Waals surface area contributed by atoms with Crippen molar-refractivity contribution in [2.24, 2.45) is 0 Å². The molecule has 0 saturated carbocycles. The van der Waals surface area contributed by atoms with E-state index in [2.05, 4.69) is 5.09 Å². The molecule has 2 aromatic rings. The number of carbonyl (C=O) groups is 1. The average molecular weight is 531 g/mol. The number of aliphatic hydroxyl groups is 2. The SMILES string of the molecule is CC(C)OC(=O)C(C)NP(=O)(OCC1(F)OC(n2ccc(=O)[nH]c2=O)C(O)C1O)Oc1ccccc1. The lowest BCUT2D eigenvalue weighted by Gasteiger charge is -2.27. The van der Waals surface area contributed by atoms with Crippen molar-refractivity contribution in [3.05, 3.63) is 63.4 Å². The summed E-state index contributed by atoms with van der Waals surface area (Å²) in [7, 11) is -4.52. The highest BCUT2D eigenvalue weighted by molar-refractivity contribution is 7.52. The monoisotopic (exact) mass is 531 g/mol. The molecule has 1 fully saturated rings. The van der Waals surface area contributed by atoms with Gasteiger partial charge in [-0.1, -0.05) is 18.2 Å². The van der Waals surface area contributed by atoms with Crippen molar-refractivity contribution in [1.29, 1.82) is 0 Å². The first kappa shape index (κ1) is 27.7. The minimum absolute atomic E-state index is 0.0521. The molecule has 0 bridgehead atoms. The lowest BCUT2D eigenvalue weighted by Crippen LogP contribution is -2.44. The largest absolute Gasteiger partial charge is 0.462 e. The molecule has 1 aliphatic rings. The Balaban J connectivity index is 1.81. The predicted octanol–water partition coefficient (Wildman–Crippen LogP) is 0.586. The molecule has 3 rings (SSSR count). The molecule has 0 amide bonds. The first-order valence-electron chi connectivity index (χ1n) is 10.9. The molecule has 0 aliphatic carbocycles. The topological polar surface area (TPSA) is 178 Å². The highest BCUT2D eigenvalue weighted by Crippen LogP contribution is 2.48. The van der Waals surface area contributed by atoms with E-state index in [0.29, 0.717) is 4.57 Å². The van der Waals surface area contributed by atoms with Crippen LogP contribution in [-0.4, -0.2) is 62.5 Å². The first-order chi connectivity index (χ1) is 16.8. The summed E-state index contributed by atoms with van der Waals surface area (Å²) in [6, 6.07) is 7.38. The van der Waals surface area contributed by atoms with Crippen LogP contribution in [0.4, 0.5) is 4.39 Å². The van der Waals surface area contributed by atoms with Crippen molar-refractivity contribution in [1.82, 2.24) is 14.6 Å². The van der Waals surface area contributed by atoms with E-state index in [1.165, 1.54) is 19.1 Å². The van der Waals surface area contributed by atoms with Crippen LogP contribution in [0.1, 0.15) is 27.0 Å². The number of aliphatic hydroxyl groups excluding tert-OH is 2. The van der Waals surface area contributed by atoms with Crippen LogP contribution in [0.5, 0.6) is 5.75 Å². The van der Waals surface area contributed by atoms with Crippen LogP contribution >= 0.6 is 7.75 Å². The number of aromatic amines is 1. The smallest absolute Gasteiger partial charge is 0.459 e. The second-order valence-corrected chi connectivity index (χ2v) is 9.95. The minimum Gasteiger partial charge on any atom is -0.462 e. The van der Waals surface area contributed by atoms with Crippen molar-refractivity contribution in [3.63, 3.8) is 0 Å². The number of H-pyrrole nitrogens is 1. The van der Waals surface area contributed by atoms with E-state index in [0.717, 1.165) is 12.3 Å². The van der Waals surface area contributed by atoms with Crippen molar-refractivity contribution < 1.29 is 42.5 Å². The predicted molar refractivity (Wildman–Crippen MR) is 122 cm³/mol. The number of carbonyl (C=O) groups excluding carboxylic acids is 1. The molecule has 4 N–H and O–H groups in total. The van der Waals surface area contributed by atoms with Crippen LogP contribution < -0.4 is 20.9 Å². The van der Waals surface area contributed by atoms with Gasteiger partial charge in [0.25, 0.3) is 11.4 Å². The highest BCUT2D eigenvalue weighted by Gasteiger charge is 2.57. The summed E-state index contributed by atoms with van der Waals surface area (Å²) in [5, 5.41) is 23.0.